The van der Waals surface area contributed by atoms with Crippen LogP contribution in [0.5, 0.6) is 6.01 Å². The van der Waals surface area contributed by atoms with Crippen LogP contribution in [-0.2, 0) is 23.2 Å². The first-order valence-corrected chi connectivity index (χ1v) is 10.3. The van der Waals surface area contributed by atoms with Crippen molar-refractivity contribution in [1.29, 1.82) is 0 Å². The first-order valence-electron chi connectivity index (χ1n) is 8.60. The normalized spacial score (nSPS) is 13.0. The molecule has 1 aromatic rings. The van der Waals surface area contributed by atoms with Crippen molar-refractivity contribution in [3.63, 3.8) is 0 Å². The standard InChI is InChI=1S/C17H27N2O7P/c1-11(2)25-27(23,26-12(3)4)10-15(20)6-13(7-16(21)22)14-8-18-17(24-5)19-9-14/h8-9,11-13H,6-7,10H2,1-5H3,(H,21,22)/t13-/m0/s1. The Labute approximate surface area is 159 Å². The molecule has 27 heavy (non-hydrogen) atoms. The van der Waals surface area contributed by atoms with E-state index in [1.165, 1.54) is 19.5 Å². The highest BCUT2D eigenvalue weighted by molar-refractivity contribution is 7.54. The average molecular weight is 402 g/mol. The van der Waals surface area contributed by atoms with Crippen LogP contribution in [0.25, 0.3) is 0 Å². The lowest BCUT2D eigenvalue weighted by Gasteiger charge is -2.23. The minimum Gasteiger partial charge on any atom is -0.481 e. The van der Waals surface area contributed by atoms with Crippen LogP contribution in [0.4, 0.5) is 0 Å². The summed E-state index contributed by atoms with van der Waals surface area (Å²) in [4.78, 5) is 31.6. The van der Waals surface area contributed by atoms with Crippen molar-refractivity contribution >= 4 is 19.3 Å². The Kier molecular flexibility index (Phi) is 9.02. The van der Waals surface area contributed by atoms with Crippen molar-refractivity contribution in [3.05, 3.63) is 18.0 Å². The van der Waals surface area contributed by atoms with Gasteiger partial charge in [-0.1, -0.05) is 0 Å². The number of hydrogen-bond acceptors (Lipinski definition) is 8. The van der Waals surface area contributed by atoms with E-state index in [9.17, 15) is 14.2 Å². The Bertz CT molecular complexity index is 662. The molecule has 10 heteroatoms. The topological polar surface area (TPSA) is 125 Å². The van der Waals surface area contributed by atoms with Gasteiger partial charge in [-0.3, -0.25) is 14.2 Å². The molecule has 152 valence electrons. The largest absolute Gasteiger partial charge is 0.481 e. The SMILES string of the molecule is COc1ncc([C@H](CC(=O)O)CC(=O)CP(=O)(OC(C)C)OC(C)C)cn1. The molecule has 9 nitrogen and oxygen atoms in total. The van der Waals surface area contributed by atoms with Gasteiger partial charge in [-0.15, -0.1) is 0 Å². The molecule has 0 aliphatic heterocycles. The summed E-state index contributed by atoms with van der Waals surface area (Å²) in [5.74, 6) is -2.14. The Hall–Kier alpha value is -1.83. The zero-order valence-corrected chi connectivity index (χ0v) is 17.1. The molecule has 0 unspecified atom stereocenters. The van der Waals surface area contributed by atoms with Gasteiger partial charge in [-0.25, -0.2) is 9.97 Å². The molecule has 1 atom stereocenters. The lowest BCUT2D eigenvalue weighted by Crippen LogP contribution is -2.18. The highest BCUT2D eigenvalue weighted by Crippen LogP contribution is 2.50. The minimum atomic E-state index is -3.63. The van der Waals surface area contributed by atoms with Gasteiger partial charge in [0, 0.05) is 24.7 Å². The molecule has 1 N–H and O–H groups in total. The van der Waals surface area contributed by atoms with Crippen molar-refractivity contribution < 1.29 is 33.0 Å². The Balaban J connectivity index is 2.93. The molecule has 0 aliphatic rings. The maximum absolute atomic E-state index is 12.8. The van der Waals surface area contributed by atoms with Gasteiger partial charge in [0.2, 0.25) is 0 Å². The molecule has 0 spiro atoms. The summed E-state index contributed by atoms with van der Waals surface area (Å²) in [5, 5.41) is 9.15. The van der Waals surface area contributed by atoms with Crippen LogP contribution in [0, 0.1) is 0 Å². The number of aliphatic carboxylic acids is 1. The average Bonchev–Trinajstić information content (AvgIpc) is 2.51. The van der Waals surface area contributed by atoms with Gasteiger partial charge < -0.3 is 18.9 Å². The van der Waals surface area contributed by atoms with Gasteiger partial charge in [0.15, 0.2) is 0 Å². The van der Waals surface area contributed by atoms with E-state index in [4.69, 9.17) is 18.9 Å². The molecule has 0 amide bonds. The predicted octanol–water partition coefficient (Wildman–Crippen LogP) is 3.05. The third kappa shape index (κ3) is 8.60. The van der Waals surface area contributed by atoms with E-state index in [1.54, 1.807) is 27.7 Å². The van der Waals surface area contributed by atoms with E-state index >= 15 is 0 Å². The number of carboxylic acid groups (broad SMARTS) is 1. The van der Waals surface area contributed by atoms with Crippen LogP contribution < -0.4 is 4.74 Å². The highest BCUT2D eigenvalue weighted by Gasteiger charge is 2.32. The van der Waals surface area contributed by atoms with Gasteiger partial charge in [-0.05, 0) is 33.3 Å². The first kappa shape index (κ1) is 23.2. The monoisotopic (exact) mass is 402 g/mol. The molecule has 0 saturated carbocycles. The lowest BCUT2D eigenvalue weighted by molar-refractivity contribution is -0.137. The number of carbonyl (C=O) groups is 2. The number of methoxy groups -OCH3 is 1. The molecule has 1 heterocycles. The maximum Gasteiger partial charge on any atom is 0.338 e. The second kappa shape index (κ2) is 10.5. The van der Waals surface area contributed by atoms with Gasteiger partial charge in [0.05, 0.1) is 25.7 Å². The second-order valence-electron chi connectivity index (χ2n) is 6.62. The smallest absolute Gasteiger partial charge is 0.338 e. The van der Waals surface area contributed by atoms with Crippen LogP contribution >= 0.6 is 7.60 Å². The van der Waals surface area contributed by atoms with Crippen LogP contribution in [-0.4, -0.2) is 52.3 Å². The van der Waals surface area contributed by atoms with Crippen LogP contribution in [0.2, 0.25) is 0 Å². The number of ketones is 1. The molecular weight excluding hydrogens is 375 g/mol. The zero-order chi connectivity index (χ0) is 20.6. The van der Waals surface area contributed by atoms with Crippen molar-refractivity contribution in [3.8, 4) is 6.01 Å². The van der Waals surface area contributed by atoms with Gasteiger partial charge in [0.1, 0.15) is 11.9 Å². The zero-order valence-electron chi connectivity index (χ0n) is 16.2. The van der Waals surface area contributed by atoms with E-state index in [0.29, 0.717) is 5.56 Å². The molecule has 0 radical (unpaired) electrons. The van der Waals surface area contributed by atoms with E-state index in [-0.39, 0.29) is 31.1 Å². The molecule has 1 aromatic heterocycles. The Morgan fingerprint density at radius 3 is 2.00 bits per heavy atom. The molecule has 0 bridgehead atoms. The summed E-state index contributed by atoms with van der Waals surface area (Å²) >= 11 is 0. The third-order valence-electron chi connectivity index (χ3n) is 3.31. The molecular formula is C17H27N2O7P. The molecule has 0 fully saturated rings. The van der Waals surface area contributed by atoms with Gasteiger partial charge in [0.25, 0.3) is 0 Å². The van der Waals surface area contributed by atoms with E-state index in [1.807, 2.05) is 0 Å². The number of carbonyl (C=O) groups excluding carboxylic acids is 1. The highest BCUT2D eigenvalue weighted by atomic mass is 31.2. The summed E-state index contributed by atoms with van der Waals surface area (Å²) in [7, 11) is -2.22. The van der Waals surface area contributed by atoms with E-state index in [2.05, 4.69) is 9.97 Å². The number of ether oxygens (including phenoxy) is 1. The van der Waals surface area contributed by atoms with Crippen molar-refractivity contribution in [2.24, 2.45) is 0 Å². The Morgan fingerprint density at radius 1 is 1.07 bits per heavy atom. The summed E-state index contributed by atoms with van der Waals surface area (Å²) < 4.78 is 28.5. The molecule has 0 aromatic carbocycles. The fourth-order valence-electron chi connectivity index (χ4n) is 2.46. The number of Topliss-reactive ketones (excluding diaryl/α,β-unsaturated/α-hetero) is 1. The fourth-order valence-corrected chi connectivity index (χ4v) is 4.50. The third-order valence-corrected chi connectivity index (χ3v) is 5.54. The number of hydrogen-bond donors (Lipinski definition) is 1. The Morgan fingerprint density at radius 2 is 1.59 bits per heavy atom. The lowest BCUT2D eigenvalue weighted by atomic mass is 9.93. The molecule has 0 aliphatic carbocycles. The quantitative estimate of drug-likeness (QED) is 0.525. The summed E-state index contributed by atoms with van der Waals surface area (Å²) in [5.41, 5.74) is 0.482. The second-order valence-corrected chi connectivity index (χ2v) is 8.58. The van der Waals surface area contributed by atoms with Gasteiger partial charge >= 0.3 is 19.6 Å². The molecule has 0 saturated heterocycles. The summed E-state index contributed by atoms with van der Waals surface area (Å²) in [6.45, 7) is 6.79. The van der Waals surface area contributed by atoms with Crippen molar-refractivity contribution in [1.82, 2.24) is 9.97 Å². The van der Waals surface area contributed by atoms with Crippen molar-refractivity contribution in [2.45, 2.75) is 58.7 Å². The van der Waals surface area contributed by atoms with Crippen LogP contribution in [0.1, 0.15) is 52.0 Å². The first-order chi connectivity index (χ1) is 12.5. The van der Waals surface area contributed by atoms with E-state index in [0.717, 1.165) is 0 Å². The number of aromatic nitrogens is 2. The summed E-state index contributed by atoms with van der Waals surface area (Å²) in [6, 6.07) is 0.138. The predicted molar refractivity (Wildman–Crippen MR) is 98.1 cm³/mol. The van der Waals surface area contributed by atoms with Crippen molar-refractivity contribution in [2.75, 3.05) is 13.3 Å². The number of nitrogens with zero attached hydrogens (tertiary/aromatic N) is 2. The maximum atomic E-state index is 12.8. The van der Waals surface area contributed by atoms with Gasteiger partial charge in [-0.2, -0.15) is 0 Å². The number of rotatable bonds is 12. The number of carboxylic acids is 1. The fraction of sp³-hybridized carbons (Fsp3) is 0.647. The minimum absolute atomic E-state index is 0.138. The van der Waals surface area contributed by atoms with E-state index < -0.39 is 31.4 Å². The summed E-state index contributed by atoms with van der Waals surface area (Å²) in [6.07, 6.45) is 1.22. The van der Waals surface area contributed by atoms with Crippen LogP contribution in [0.15, 0.2) is 12.4 Å². The molecule has 1 rings (SSSR count). The van der Waals surface area contributed by atoms with Crippen LogP contribution in [0.3, 0.4) is 0 Å².